The van der Waals surface area contributed by atoms with E-state index < -0.39 is 21.1 Å². The second-order valence-corrected chi connectivity index (χ2v) is 8.18. The van der Waals surface area contributed by atoms with Crippen LogP contribution < -0.4 is 0 Å². The molecule has 3 aromatic rings. The fraction of sp³-hybridized carbons (Fsp3) is 0. The van der Waals surface area contributed by atoms with Gasteiger partial charge in [-0.2, -0.15) is 3.74 Å². The molecule has 1 unspecified atom stereocenters. The molecular weight excluding hydrogens is 381 g/mol. The topological polar surface area (TPSA) is 65.4 Å². The fourth-order valence-corrected chi connectivity index (χ4v) is 5.00. The summed E-state index contributed by atoms with van der Waals surface area (Å²) in [4.78, 5) is 0.0466. The lowest BCUT2D eigenvalue weighted by molar-refractivity contribution is 0.574. The highest BCUT2D eigenvalue weighted by Gasteiger charge is 2.26. The van der Waals surface area contributed by atoms with Gasteiger partial charge in [-0.3, -0.25) is 0 Å². The predicted octanol–water partition coefficient (Wildman–Crippen LogP) is 3.72. The molecule has 3 rings (SSSR count). The van der Waals surface area contributed by atoms with Crippen LogP contribution in [0.4, 0.5) is 0 Å². The molecule has 0 N–H and O–H groups in total. The Morgan fingerprint density at radius 2 is 1.74 bits per heavy atom. The summed E-state index contributed by atoms with van der Waals surface area (Å²) in [5.74, 6) is 0. The Kier molecular flexibility index (Phi) is 4.48. The molecule has 0 spiro atoms. The van der Waals surface area contributed by atoms with E-state index in [1.165, 1.54) is 24.3 Å². The minimum absolute atomic E-state index is 0.0466. The van der Waals surface area contributed by atoms with Crippen molar-refractivity contribution in [3.63, 3.8) is 0 Å². The largest absolute Gasteiger partial charge is 0.269 e. The quantitative estimate of drug-likeness (QED) is 0.681. The summed E-state index contributed by atoms with van der Waals surface area (Å²) < 4.78 is 43.1. The molecule has 0 saturated carbocycles. The zero-order chi connectivity index (χ0) is 16.6. The van der Waals surface area contributed by atoms with Gasteiger partial charge in [-0.15, -0.1) is 0 Å². The van der Waals surface area contributed by atoms with Gasteiger partial charge in [0.25, 0.3) is 10.0 Å². The summed E-state index contributed by atoms with van der Waals surface area (Å²) in [7, 11) is -4.00. The van der Waals surface area contributed by atoms with Crippen LogP contribution >= 0.6 is 23.5 Å². The van der Waals surface area contributed by atoms with Crippen LogP contribution in [0.5, 0.6) is 0 Å². The first-order chi connectivity index (χ1) is 10.9. The molecule has 1 aromatic heterocycles. The normalized spacial score (nSPS) is 13.3. The molecule has 120 valence electrons. The van der Waals surface area contributed by atoms with Gasteiger partial charge in [-0.05, 0) is 30.3 Å². The highest BCUT2D eigenvalue weighted by Crippen LogP contribution is 2.30. The van der Waals surface area contributed by atoms with Gasteiger partial charge >= 0.3 is 0 Å². The summed E-state index contributed by atoms with van der Waals surface area (Å²) in [6, 6.07) is 13.9. The van der Waals surface area contributed by atoms with Gasteiger partial charge in [0.1, 0.15) is 0 Å². The van der Waals surface area contributed by atoms with E-state index in [0.717, 1.165) is 3.97 Å². The van der Waals surface area contributed by atoms with E-state index in [4.69, 9.17) is 23.5 Å². The van der Waals surface area contributed by atoms with Crippen molar-refractivity contribution in [2.75, 3.05) is 0 Å². The molecule has 0 radical (unpaired) electrons. The van der Waals surface area contributed by atoms with Crippen LogP contribution in [0, 0.1) is 0 Å². The van der Waals surface area contributed by atoms with Crippen molar-refractivity contribution in [1.82, 2.24) is 3.97 Å². The number of nitrogens with zero attached hydrogens (tertiary/aromatic N) is 1. The van der Waals surface area contributed by atoms with Gasteiger partial charge in [-0.25, -0.2) is 16.6 Å². The molecule has 1 atom stereocenters. The number of hydrogen-bond acceptors (Lipinski definition) is 4. The number of fused-ring (bicyclic) bond motifs is 1. The van der Waals surface area contributed by atoms with Crippen LogP contribution in [0.2, 0.25) is 5.02 Å². The third-order valence-electron chi connectivity index (χ3n) is 3.20. The van der Waals surface area contributed by atoms with Crippen molar-refractivity contribution in [1.29, 1.82) is 0 Å². The van der Waals surface area contributed by atoms with E-state index in [2.05, 4.69) is 3.74 Å². The Morgan fingerprint density at radius 1 is 1.04 bits per heavy atom. The third kappa shape index (κ3) is 2.90. The van der Waals surface area contributed by atoms with E-state index in [1.54, 1.807) is 30.3 Å². The lowest BCUT2D eigenvalue weighted by Gasteiger charge is -2.10. The van der Waals surface area contributed by atoms with Crippen LogP contribution in [0.15, 0.2) is 64.5 Å². The smallest absolute Gasteiger partial charge is 0.223 e. The van der Waals surface area contributed by atoms with E-state index >= 15 is 0 Å². The van der Waals surface area contributed by atoms with Crippen molar-refractivity contribution in [2.45, 2.75) is 9.92 Å². The molecular formula is C14H9Cl2NO4S2. The first kappa shape index (κ1) is 16.5. The fourth-order valence-electron chi connectivity index (χ4n) is 2.22. The van der Waals surface area contributed by atoms with Gasteiger partial charge < -0.3 is 0 Å². The maximum absolute atomic E-state index is 12.9. The van der Waals surface area contributed by atoms with Crippen LogP contribution in [-0.4, -0.2) is 16.6 Å². The van der Waals surface area contributed by atoms with E-state index in [-0.39, 0.29) is 9.92 Å². The highest BCUT2D eigenvalue weighted by molar-refractivity contribution is 7.91. The van der Waals surface area contributed by atoms with E-state index in [1.807, 2.05) is 0 Å². The molecule has 1 heterocycles. The lowest BCUT2D eigenvalue weighted by Crippen LogP contribution is -2.16. The molecule has 0 aliphatic carbocycles. The molecule has 2 aromatic carbocycles. The van der Waals surface area contributed by atoms with Gasteiger partial charge in [0.05, 0.1) is 22.3 Å². The summed E-state index contributed by atoms with van der Waals surface area (Å²) in [5, 5.41) is 0.802. The molecule has 9 heteroatoms. The molecule has 0 aliphatic heterocycles. The molecule has 0 aliphatic rings. The first-order valence-corrected chi connectivity index (χ1v) is 9.48. The Balaban J connectivity index is 2.39. The number of halogens is 2. The minimum atomic E-state index is -4.00. The number of benzene rings is 2. The van der Waals surface area contributed by atoms with Crippen LogP contribution in [0.3, 0.4) is 0 Å². The van der Waals surface area contributed by atoms with Crippen LogP contribution in [0.25, 0.3) is 10.9 Å². The van der Waals surface area contributed by atoms with Crippen molar-refractivity contribution < 1.29 is 16.4 Å². The van der Waals surface area contributed by atoms with Crippen LogP contribution in [-0.2, 0) is 24.8 Å². The van der Waals surface area contributed by atoms with Gasteiger partial charge in [0.15, 0.2) is 5.03 Å². The maximum Gasteiger partial charge on any atom is 0.269 e. The summed E-state index contributed by atoms with van der Waals surface area (Å²) in [6.07, 6.45) is 0. The Morgan fingerprint density at radius 3 is 2.39 bits per heavy atom. The zero-order valence-corrected chi connectivity index (χ0v) is 14.5. The standard InChI is InChI=1S/C14H9Cl2NO4S2/c15-11-7-6-10-8-14(22(18)21-16)17(13(10)9-11)23(19,20)12-4-2-1-3-5-12/h1-9H. The summed E-state index contributed by atoms with van der Waals surface area (Å²) in [6.45, 7) is 0. The first-order valence-electron chi connectivity index (χ1n) is 6.27. The Hall–Kier alpha value is -1.38. The van der Waals surface area contributed by atoms with Gasteiger partial charge in [-0.1, -0.05) is 35.9 Å². The van der Waals surface area contributed by atoms with Crippen LogP contribution in [0.1, 0.15) is 0 Å². The van der Waals surface area contributed by atoms with Crippen molar-refractivity contribution in [2.24, 2.45) is 0 Å². The van der Waals surface area contributed by atoms with Crippen molar-refractivity contribution >= 4 is 55.5 Å². The van der Waals surface area contributed by atoms with E-state index in [9.17, 15) is 12.6 Å². The average molecular weight is 390 g/mol. The molecule has 0 amide bonds. The van der Waals surface area contributed by atoms with Crippen molar-refractivity contribution in [3.8, 4) is 0 Å². The zero-order valence-electron chi connectivity index (χ0n) is 11.3. The van der Waals surface area contributed by atoms with Gasteiger partial charge in [0, 0.05) is 10.4 Å². The molecule has 0 saturated heterocycles. The SMILES string of the molecule is O=S(OCl)c1cc2ccc(Cl)cc2n1S(=O)(=O)c1ccccc1. The molecule has 23 heavy (non-hydrogen) atoms. The maximum atomic E-state index is 12.9. The summed E-state index contributed by atoms with van der Waals surface area (Å²) >= 11 is 8.99. The molecule has 0 bridgehead atoms. The van der Waals surface area contributed by atoms with Crippen molar-refractivity contribution in [3.05, 3.63) is 59.6 Å². The lowest BCUT2D eigenvalue weighted by atomic mass is 10.2. The predicted molar refractivity (Wildman–Crippen MR) is 89.3 cm³/mol. The number of rotatable bonds is 4. The Bertz CT molecular complexity index is 1000. The van der Waals surface area contributed by atoms with E-state index in [0.29, 0.717) is 15.9 Å². The molecule has 5 nitrogen and oxygen atoms in total. The Labute approximate surface area is 145 Å². The minimum Gasteiger partial charge on any atom is -0.223 e. The summed E-state index contributed by atoms with van der Waals surface area (Å²) in [5.41, 5.74) is 0.290. The van der Waals surface area contributed by atoms with Gasteiger partial charge in [0.2, 0.25) is 11.1 Å². The highest BCUT2D eigenvalue weighted by atomic mass is 35.5. The number of hydrogen-bond donors (Lipinski definition) is 0. The molecule has 0 fully saturated rings. The second-order valence-electron chi connectivity index (χ2n) is 4.57. The number of aromatic nitrogens is 1. The third-order valence-corrected chi connectivity index (χ3v) is 6.39. The average Bonchev–Trinajstić information content (AvgIpc) is 2.94. The second kappa shape index (κ2) is 6.26. The monoisotopic (exact) mass is 389 g/mol.